The SMILES string of the molecule is Cl.NC(N)=Nc1nnc(-c2ccccn2)s1. The molecule has 4 N–H and O–H groups in total. The zero-order valence-electron chi connectivity index (χ0n) is 8.07. The van der Waals surface area contributed by atoms with Crippen molar-refractivity contribution >= 4 is 34.8 Å². The van der Waals surface area contributed by atoms with E-state index in [9.17, 15) is 0 Å². The Balaban J connectivity index is 0.00000128. The molecule has 0 aliphatic heterocycles. The molecule has 0 unspecified atom stereocenters. The van der Waals surface area contributed by atoms with E-state index in [1.54, 1.807) is 6.20 Å². The van der Waals surface area contributed by atoms with Crippen molar-refractivity contribution in [1.29, 1.82) is 0 Å². The number of halogens is 1. The summed E-state index contributed by atoms with van der Waals surface area (Å²) in [5.74, 6) is -0.0290. The highest BCUT2D eigenvalue weighted by molar-refractivity contribution is 7.18. The van der Waals surface area contributed by atoms with Crippen molar-refractivity contribution in [3.63, 3.8) is 0 Å². The number of nitrogens with zero attached hydrogens (tertiary/aromatic N) is 4. The maximum Gasteiger partial charge on any atom is 0.235 e. The Kier molecular flexibility index (Phi) is 4.15. The van der Waals surface area contributed by atoms with Crippen LogP contribution < -0.4 is 11.5 Å². The second-order valence-corrected chi connectivity index (χ2v) is 3.60. The van der Waals surface area contributed by atoms with E-state index < -0.39 is 0 Å². The van der Waals surface area contributed by atoms with Crippen molar-refractivity contribution in [1.82, 2.24) is 15.2 Å². The minimum Gasteiger partial charge on any atom is -0.370 e. The topological polar surface area (TPSA) is 103 Å². The van der Waals surface area contributed by atoms with Gasteiger partial charge in [0, 0.05) is 6.20 Å². The average molecular weight is 257 g/mol. The standard InChI is InChI=1S/C8H8N6S.ClH/c9-7(10)12-8-14-13-6(15-8)5-3-1-2-4-11-5;/h1-4H,(H4,9,10,12,14);1H. The highest BCUT2D eigenvalue weighted by atomic mass is 35.5. The number of aliphatic imine (C=N–C) groups is 1. The monoisotopic (exact) mass is 256 g/mol. The van der Waals surface area contributed by atoms with Gasteiger partial charge in [0.05, 0.1) is 0 Å². The van der Waals surface area contributed by atoms with E-state index in [1.807, 2.05) is 18.2 Å². The van der Waals surface area contributed by atoms with Crippen LogP contribution in [0.4, 0.5) is 5.13 Å². The molecule has 0 aliphatic carbocycles. The van der Waals surface area contributed by atoms with Gasteiger partial charge in [0.25, 0.3) is 0 Å². The largest absolute Gasteiger partial charge is 0.370 e. The van der Waals surface area contributed by atoms with E-state index in [-0.39, 0.29) is 18.4 Å². The van der Waals surface area contributed by atoms with Gasteiger partial charge in [-0.05, 0) is 12.1 Å². The lowest BCUT2D eigenvalue weighted by Crippen LogP contribution is -2.21. The van der Waals surface area contributed by atoms with E-state index in [2.05, 4.69) is 20.2 Å². The number of pyridine rings is 1. The highest BCUT2D eigenvalue weighted by Gasteiger charge is 2.06. The van der Waals surface area contributed by atoms with Gasteiger partial charge in [-0.2, -0.15) is 4.99 Å². The molecule has 0 bridgehead atoms. The molecule has 6 nitrogen and oxygen atoms in total. The summed E-state index contributed by atoms with van der Waals surface area (Å²) in [6.45, 7) is 0. The summed E-state index contributed by atoms with van der Waals surface area (Å²) in [7, 11) is 0. The van der Waals surface area contributed by atoms with Gasteiger partial charge in [-0.1, -0.05) is 17.4 Å². The molecule has 0 atom stereocenters. The van der Waals surface area contributed by atoms with Crippen molar-refractivity contribution in [2.24, 2.45) is 16.5 Å². The highest BCUT2D eigenvalue weighted by Crippen LogP contribution is 2.25. The first kappa shape index (κ1) is 12.3. The second-order valence-electron chi connectivity index (χ2n) is 2.64. The third-order valence-electron chi connectivity index (χ3n) is 1.52. The lowest BCUT2D eigenvalue weighted by molar-refractivity contribution is 1.08. The summed E-state index contributed by atoms with van der Waals surface area (Å²) in [4.78, 5) is 7.93. The van der Waals surface area contributed by atoms with Crippen LogP contribution in [-0.4, -0.2) is 21.1 Å². The first-order valence-corrected chi connectivity index (χ1v) is 4.92. The molecule has 0 saturated heterocycles. The van der Waals surface area contributed by atoms with Gasteiger partial charge >= 0.3 is 0 Å². The van der Waals surface area contributed by atoms with E-state index >= 15 is 0 Å². The third kappa shape index (κ3) is 2.88. The third-order valence-corrected chi connectivity index (χ3v) is 2.36. The molecule has 0 amide bonds. The van der Waals surface area contributed by atoms with Crippen LogP contribution in [0.25, 0.3) is 10.7 Å². The predicted octanol–water partition coefficient (Wildman–Crippen LogP) is 0.927. The van der Waals surface area contributed by atoms with Crippen LogP contribution in [0.3, 0.4) is 0 Å². The minimum absolute atomic E-state index is 0. The maximum absolute atomic E-state index is 5.22. The Labute approximate surface area is 102 Å². The molecular weight excluding hydrogens is 248 g/mol. The fourth-order valence-corrected chi connectivity index (χ4v) is 1.68. The van der Waals surface area contributed by atoms with Gasteiger partial charge in [0.15, 0.2) is 11.0 Å². The molecule has 2 heterocycles. The summed E-state index contributed by atoms with van der Waals surface area (Å²) >= 11 is 1.28. The molecule has 2 rings (SSSR count). The summed E-state index contributed by atoms with van der Waals surface area (Å²) in [6, 6.07) is 5.56. The van der Waals surface area contributed by atoms with Crippen molar-refractivity contribution in [2.75, 3.05) is 0 Å². The molecule has 2 aromatic rings. The van der Waals surface area contributed by atoms with Crippen molar-refractivity contribution < 1.29 is 0 Å². The quantitative estimate of drug-likeness (QED) is 0.614. The van der Waals surface area contributed by atoms with Crippen molar-refractivity contribution in [2.45, 2.75) is 0 Å². The normalized spacial score (nSPS) is 9.25. The first-order valence-electron chi connectivity index (χ1n) is 4.10. The predicted molar refractivity (Wildman–Crippen MR) is 65.9 cm³/mol. The number of rotatable bonds is 2. The van der Waals surface area contributed by atoms with Crippen LogP contribution in [0.1, 0.15) is 0 Å². The zero-order valence-corrected chi connectivity index (χ0v) is 9.70. The van der Waals surface area contributed by atoms with Gasteiger partial charge in [0.1, 0.15) is 5.69 Å². The van der Waals surface area contributed by atoms with E-state index in [1.165, 1.54) is 11.3 Å². The number of hydrogen-bond donors (Lipinski definition) is 2. The Morgan fingerprint density at radius 1 is 1.25 bits per heavy atom. The van der Waals surface area contributed by atoms with Gasteiger partial charge in [-0.15, -0.1) is 22.6 Å². The summed E-state index contributed by atoms with van der Waals surface area (Å²) in [6.07, 6.45) is 1.69. The molecule has 16 heavy (non-hydrogen) atoms. The Morgan fingerprint density at radius 3 is 2.69 bits per heavy atom. The van der Waals surface area contributed by atoms with Crippen LogP contribution in [-0.2, 0) is 0 Å². The molecule has 0 aliphatic rings. The van der Waals surface area contributed by atoms with Crippen LogP contribution >= 0.6 is 23.7 Å². The average Bonchev–Trinajstić information content (AvgIpc) is 2.67. The minimum atomic E-state index is -0.0290. The second kappa shape index (κ2) is 5.38. The van der Waals surface area contributed by atoms with E-state index in [0.717, 1.165) is 5.69 Å². The summed E-state index contributed by atoms with van der Waals surface area (Å²) < 4.78 is 0. The molecule has 0 aromatic carbocycles. The molecule has 0 saturated carbocycles. The van der Waals surface area contributed by atoms with E-state index in [0.29, 0.717) is 10.1 Å². The fourth-order valence-electron chi connectivity index (χ4n) is 0.964. The van der Waals surface area contributed by atoms with Gasteiger partial charge in [0.2, 0.25) is 5.13 Å². The maximum atomic E-state index is 5.22. The first-order chi connectivity index (χ1) is 7.25. The number of aromatic nitrogens is 3. The fraction of sp³-hybridized carbons (Fsp3) is 0. The van der Waals surface area contributed by atoms with Crippen LogP contribution in [0, 0.1) is 0 Å². The van der Waals surface area contributed by atoms with E-state index in [4.69, 9.17) is 11.5 Å². The molecule has 0 spiro atoms. The molecule has 0 fully saturated rings. The van der Waals surface area contributed by atoms with Crippen LogP contribution in [0.2, 0.25) is 0 Å². The molecule has 8 heteroatoms. The van der Waals surface area contributed by atoms with Gasteiger partial charge < -0.3 is 11.5 Å². The summed E-state index contributed by atoms with van der Waals surface area (Å²) in [5, 5.41) is 8.86. The van der Waals surface area contributed by atoms with Crippen LogP contribution in [0.15, 0.2) is 29.4 Å². The Morgan fingerprint density at radius 2 is 2.06 bits per heavy atom. The number of hydrogen-bond acceptors (Lipinski definition) is 5. The van der Waals surface area contributed by atoms with Crippen molar-refractivity contribution in [3.8, 4) is 10.7 Å². The molecule has 84 valence electrons. The summed E-state index contributed by atoms with van der Waals surface area (Å²) in [5.41, 5.74) is 11.2. The van der Waals surface area contributed by atoms with Gasteiger partial charge in [-0.25, -0.2) is 0 Å². The smallest absolute Gasteiger partial charge is 0.235 e. The zero-order chi connectivity index (χ0) is 10.7. The molecular formula is C8H9ClN6S. The van der Waals surface area contributed by atoms with Gasteiger partial charge in [-0.3, -0.25) is 4.98 Å². The lowest BCUT2D eigenvalue weighted by atomic mass is 10.4. The Bertz CT molecular complexity index is 478. The van der Waals surface area contributed by atoms with Crippen LogP contribution in [0.5, 0.6) is 0 Å². The lowest BCUT2D eigenvalue weighted by Gasteiger charge is -1.90. The number of guanidine groups is 1. The van der Waals surface area contributed by atoms with Crippen molar-refractivity contribution in [3.05, 3.63) is 24.4 Å². The Hall–Kier alpha value is -1.73. The molecule has 2 aromatic heterocycles. The number of nitrogens with two attached hydrogens (primary N) is 2. The molecule has 0 radical (unpaired) electrons.